The molecule has 2 heterocycles. The number of benzene rings is 1. The molecule has 0 aliphatic carbocycles. The van der Waals surface area contributed by atoms with Crippen molar-refractivity contribution in [3.8, 4) is 0 Å². The van der Waals surface area contributed by atoms with Crippen molar-refractivity contribution in [2.45, 2.75) is 32.7 Å². The van der Waals surface area contributed by atoms with Crippen LogP contribution in [-0.2, 0) is 6.54 Å². The highest BCUT2D eigenvalue weighted by atomic mass is 15.2. The average Bonchev–Trinajstić information content (AvgIpc) is 3.24. The topological polar surface area (TPSA) is 42.9 Å². The summed E-state index contributed by atoms with van der Waals surface area (Å²) in [6, 6.07) is 8.82. The van der Waals surface area contributed by atoms with E-state index in [0.717, 1.165) is 44.5 Å². The lowest BCUT2D eigenvalue weighted by atomic mass is 9.99. The predicted molar refractivity (Wildman–Crippen MR) is 115 cm³/mol. The molecule has 0 bridgehead atoms. The first-order valence-electron chi connectivity index (χ1n) is 10.4. The van der Waals surface area contributed by atoms with Crippen LogP contribution < -0.4 is 15.5 Å². The Balaban J connectivity index is 1.33. The Morgan fingerprint density at radius 3 is 2.44 bits per heavy atom. The molecule has 1 saturated heterocycles. The lowest BCUT2D eigenvalue weighted by molar-refractivity contribution is 0.191. The van der Waals surface area contributed by atoms with Gasteiger partial charge in [0.05, 0.1) is 0 Å². The number of guanidine groups is 1. The van der Waals surface area contributed by atoms with Gasteiger partial charge in [0.15, 0.2) is 5.96 Å². The molecule has 0 saturated carbocycles. The smallest absolute Gasteiger partial charge is 0.191 e. The van der Waals surface area contributed by atoms with Gasteiger partial charge in [0.25, 0.3) is 0 Å². The largest absolute Gasteiger partial charge is 0.364 e. The lowest BCUT2D eigenvalue weighted by Gasteiger charge is -2.30. The van der Waals surface area contributed by atoms with Crippen molar-refractivity contribution in [1.29, 1.82) is 0 Å². The third-order valence-corrected chi connectivity index (χ3v) is 5.62. The van der Waals surface area contributed by atoms with Gasteiger partial charge in [0.1, 0.15) is 0 Å². The molecule has 0 unspecified atom stereocenters. The fraction of sp³-hybridized carbons (Fsp3) is 0.591. The average molecular weight is 370 g/mol. The molecule has 0 spiro atoms. The summed E-state index contributed by atoms with van der Waals surface area (Å²) in [6.45, 7) is 9.87. The molecule has 1 aromatic carbocycles. The van der Waals surface area contributed by atoms with Crippen LogP contribution >= 0.6 is 0 Å². The Morgan fingerprint density at radius 2 is 1.78 bits per heavy atom. The zero-order valence-corrected chi connectivity index (χ0v) is 17.0. The molecule has 0 atom stereocenters. The van der Waals surface area contributed by atoms with Crippen LogP contribution in [-0.4, -0.2) is 57.2 Å². The normalized spacial score (nSPS) is 18.9. The highest BCUT2D eigenvalue weighted by Gasteiger charge is 2.14. The first-order chi connectivity index (χ1) is 13.2. The van der Waals surface area contributed by atoms with Gasteiger partial charge in [-0.05, 0) is 62.5 Å². The third kappa shape index (κ3) is 6.28. The number of nitrogens with zero attached hydrogens (tertiary/aromatic N) is 3. The summed E-state index contributed by atoms with van der Waals surface area (Å²) >= 11 is 0. The van der Waals surface area contributed by atoms with E-state index in [4.69, 9.17) is 0 Å². The first kappa shape index (κ1) is 19.7. The zero-order valence-electron chi connectivity index (χ0n) is 17.0. The second kappa shape index (κ2) is 10.4. The third-order valence-electron chi connectivity index (χ3n) is 5.62. The van der Waals surface area contributed by atoms with Gasteiger partial charge in [-0.2, -0.15) is 0 Å². The zero-order chi connectivity index (χ0) is 18.9. The van der Waals surface area contributed by atoms with E-state index in [0.29, 0.717) is 0 Å². The van der Waals surface area contributed by atoms with Gasteiger partial charge in [-0.15, -0.1) is 0 Å². The van der Waals surface area contributed by atoms with Crippen LogP contribution in [0.5, 0.6) is 0 Å². The number of likely N-dealkylation sites (tertiary alicyclic amines) is 1. The minimum Gasteiger partial charge on any atom is -0.364 e. The van der Waals surface area contributed by atoms with Crippen LogP contribution in [0.4, 0.5) is 5.69 Å². The van der Waals surface area contributed by atoms with Crippen LogP contribution in [0.15, 0.2) is 41.4 Å². The van der Waals surface area contributed by atoms with E-state index >= 15 is 0 Å². The highest BCUT2D eigenvalue weighted by Crippen LogP contribution is 2.17. The van der Waals surface area contributed by atoms with Crippen LogP contribution in [0.3, 0.4) is 0 Å². The maximum Gasteiger partial charge on any atom is 0.191 e. The van der Waals surface area contributed by atoms with Gasteiger partial charge in [0, 0.05) is 38.9 Å². The van der Waals surface area contributed by atoms with Crippen molar-refractivity contribution in [2.75, 3.05) is 51.2 Å². The Hall–Kier alpha value is -2.01. The summed E-state index contributed by atoms with van der Waals surface area (Å²) in [5.41, 5.74) is 2.56. The van der Waals surface area contributed by atoms with E-state index in [1.54, 1.807) is 0 Å². The van der Waals surface area contributed by atoms with Crippen molar-refractivity contribution >= 4 is 11.6 Å². The fourth-order valence-corrected chi connectivity index (χ4v) is 3.72. The second-order valence-electron chi connectivity index (χ2n) is 7.77. The molecule has 1 aromatic rings. The minimum atomic E-state index is 0.794. The summed E-state index contributed by atoms with van der Waals surface area (Å²) in [5, 5.41) is 6.86. The summed E-state index contributed by atoms with van der Waals surface area (Å²) in [7, 11) is 1.84. The van der Waals surface area contributed by atoms with Gasteiger partial charge in [-0.25, -0.2) is 0 Å². The molecule has 1 fully saturated rings. The van der Waals surface area contributed by atoms with Gasteiger partial charge in [-0.3, -0.25) is 4.99 Å². The summed E-state index contributed by atoms with van der Waals surface area (Å²) < 4.78 is 0. The number of piperidine rings is 1. The van der Waals surface area contributed by atoms with Crippen molar-refractivity contribution in [1.82, 2.24) is 15.5 Å². The molecule has 5 heteroatoms. The summed E-state index contributed by atoms with van der Waals surface area (Å²) in [5.74, 6) is 1.79. The SMILES string of the molecule is CN=C(NCCCN1CCC(C)CC1)NCc1ccc(N2CC=CC2)cc1. The maximum atomic E-state index is 4.34. The number of hydrogen-bond donors (Lipinski definition) is 2. The number of hydrogen-bond acceptors (Lipinski definition) is 3. The molecular formula is C22H35N5. The van der Waals surface area contributed by atoms with E-state index < -0.39 is 0 Å². The molecule has 27 heavy (non-hydrogen) atoms. The molecular weight excluding hydrogens is 334 g/mol. The fourth-order valence-electron chi connectivity index (χ4n) is 3.72. The number of rotatable bonds is 7. The van der Waals surface area contributed by atoms with E-state index in [-0.39, 0.29) is 0 Å². The number of nitrogens with one attached hydrogen (secondary N) is 2. The van der Waals surface area contributed by atoms with Gasteiger partial charge in [-0.1, -0.05) is 31.2 Å². The van der Waals surface area contributed by atoms with E-state index in [1.807, 2.05) is 7.05 Å². The van der Waals surface area contributed by atoms with E-state index in [2.05, 4.69) is 68.8 Å². The van der Waals surface area contributed by atoms with E-state index in [9.17, 15) is 0 Å². The Kier molecular flexibility index (Phi) is 7.57. The monoisotopic (exact) mass is 369 g/mol. The molecule has 2 N–H and O–H groups in total. The van der Waals surface area contributed by atoms with E-state index in [1.165, 1.54) is 43.7 Å². The quantitative estimate of drug-likeness (QED) is 0.336. The molecule has 3 rings (SSSR count). The van der Waals surface area contributed by atoms with Crippen LogP contribution in [0.25, 0.3) is 0 Å². The Labute approximate surface area is 164 Å². The summed E-state index contributed by atoms with van der Waals surface area (Å²) in [4.78, 5) is 9.30. The highest BCUT2D eigenvalue weighted by molar-refractivity contribution is 5.79. The van der Waals surface area contributed by atoms with Gasteiger partial charge >= 0.3 is 0 Å². The maximum absolute atomic E-state index is 4.34. The van der Waals surface area contributed by atoms with Crippen molar-refractivity contribution in [3.05, 3.63) is 42.0 Å². The molecule has 0 radical (unpaired) electrons. The lowest BCUT2D eigenvalue weighted by Crippen LogP contribution is -2.39. The molecule has 2 aliphatic heterocycles. The molecule has 0 aromatic heterocycles. The number of aliphatic imine (C=N–C) groups is 1. The molecule has 2 aliphatic rings. The Morgan fingerprint density at radius 1 is 1.07 bits per heavy atom. The molecule has 148 valence electrons. The van der Waals surface area contributed by atoms with Crippen molar-refractivity contribution in [2.24, 2.45) is 10.9 Å². The first-order valence-corrected chi connectivity index (χ1v) is 10.4. The van der Waals surface area contributed by atoms with Crippen LogP contribution in [0, 0.1) is 5.92 Å². The van der Waals surface area contributed by atoms with Crippen LogP contribution in [0.1, 0.15) is 31.7 Å². The Bertz CT molecular complexity index is 606. The predicted octanol–water partition coefficient (Wildman–Crippen LogP) is 2.85. The van der Waals surface area contributed by atoms with Gasteiger partial charge in [0.2, 0.25) is 0 Å². The van der Waals surface area contributed by atoms with Crippen LogP contribution in [0.2, 0.25) is 0 Å². The molecule has 5 nitrogen and oxygen atoms in total. The number of anilines is 1. The van der Waals surface area contributed by atoms with Crippen molar-refractivity contribution in [3.63, 3.8) is 0 Å². The standard InChI is InChI=1S/C22H35N5/c1-19-10-16-26(17-11-19)13-5-12-24-22(23-2)25-18-20-6-8-21(9-7-20)27-14-3-4-15-27/h3-4,6-9,19H,5,10-18H2,1-2H3,(H2,23,24,25). The minimum absolute atomic E-state index is 0.794. The van der Waals surface area contributed by atoms with Crippen molar-refractivity contribution < 1.29 is 0 Å². The van der Waals surface area contributed by atoms with Gasteiger partial charge < -0.3 is 20.4 Å². The summed E-state index contributed by atoms with van der Waals surface area (Å²) in [6.07, 6.45) is 8.30. The second-order valence-corrected chi connectivity index (χ2v) is 7.77. The molecule has 0 amide bonds.